The van der Waals surface area contributed by atoms with E-state index in [4.69, 9.17) is 4.74 Å². The molecule has 0 saturated heterocycles. The molecule has 0 spiro atoms. The second kappa shape index (κ2) is 6.77. The first-order valence-corrected chi connectivity index (χ1v) is 7.92. The minimum absolute atomic E-state index is 0.737. The summed E-state index contributed by atoms with van der Waals surface area (Å²) in [7, 11) is 0. The minimum Gasteiger partial charge on any atom is -0.457 e. The SMILES string of the molecule is CCCc1ccc(Oc2cccc(CNC3CC3)c2)cc1. The maximum atomic E-state index is 5.95. The molecule has 0 amide bonds. The van der Waals surface area contributed by atoms with Crippen LogP contribution in [0.25, 0.3) is 0 Å². The van der Waals surface area contributed by atoms with Crippen LogP contribution >= 0.6 is 0 Å². The van der Waals surface area contributed by atoms with Gasteiger partial charge in [-0.25, -0.2) is 0 Å². The fourth-order valence-electron chi connectivity index (χ4n) is 2.42. The summed E-state index contributed by atoms with van der Waals surface area (Å²) in [5, 5.41) is 3.53. The summed E-state index contributed by atoms with van der Waals surface area (Å²) in [5.41, 5.74) is 2.65. The highest BCUT2D eigenvalue weighted by molar-refractivity contribution is 5.35. The van der Waals surface area contributed by atoms with E-state index >= 15 is 0 Å². The van der Waals surface area contributed by atoms with Crippen LogP contribution in [0.2, 0.25) is 0 Å². The molecule has 1 aliphatic carbocycles. The van der Waals surface area contributed by atoms with Gasteiger partial charge < -0.3 is 10.1 Å². The largest absolute Gasteiger partial charge is 0.457 e. The summed E-state index contributed by atoms with van der Waals surface area (Å²) >= 11 is 0. The summed E-state index contributed by atoms with van der Waals surface area (Å²) in [4.78, 5) is 0. The highest BCUT2D eigenvalue weighted by Gasteiger charge is 2.19. The van der Waals surface area contributed by atoms with Crippen LogP contribution in [0, 0.1) is 0 Å². The Morgan fingerprint density at radius 1 is 1.00 bits per heavy atom. The summed E-state index contributed by atoms with van der Waals surface area (Å²) in [6.07, 6.45) is 4.94. The molecule has 1 fully saturated rings. The molecule has 1 saturated carbocycles. The van der Waals surface area contributed by atoms with Crippen molar-refractivity contribution in [3.8, 4) is 11.5 Å². The molecule has 0 bridgehead atoms. The van der Waals surface area contributed by atoms with Gasteiger partial charge in [-0.3, -0.25) is 0 Å². The molecule has 0 atom stereocenters. The zero-order valence-corrected chi connectivity index (χ0v) is 12.6. The van der Waals surface area contributed by atoms with Crippen molar-refractivity contribution in [3.63, 3.8) is 0 Å². The molecule has 3 rings (SSSR count). The molecule has 2 nitrogen and oxygen atoms in total. The van der Waals surface area contributed by atoms with E-state index in [9.17, 15) is 0 Å². The van der Waals surface area contributed by atoms with E-state index in [1.165, 1.54) is 30.4 Å². The van der Waals surface area contributed by atoms with Crippen LogP contribution in [0.3, 0.4) is 0 Å². The third kappa shape index (κ3) is 4.33. The molecule has 1 aliphatic rings. The summed E-state index contributed by atoms with van der Waals surface area (Å²) < 4.78 is 5.95. The maximum absolute atomic E-state index is 5.95. The first-order valence-electron chi connectivity index (χ1n) is 7.92. The van der Waals surface area contributed by atoms with E-state index in [-0.39, 0.29) is 0 Å². The van der Waals surface area contributed by atoms with Crippen molar-refractivity contribution in [2.75, 3.05) is 0 Å². The fraction of sp³-hybridized carbons (Fsp3) is 0.368. The predicted molar refractivity (Wildman–Crippen MR) is 86.8 cm³/mol. The van der Waals surface area contributed by atoms with Gasteiger partial charge in [-0.1, -0.05) is 37.6 Å². The Bertz CT molecular complexity index is 572. The van der Waals surface area contributed by atoms with Crippen LogP contribution in [-0.2, 0) is 13.0 Å². The molecule has 21 heavy (non-hydrogen) atoms. The van der Waals surface area contributed by atoms with Gasteiger partial charge in [0.05, 0.1) is 0 Å². The first kappa shape index (κ1) is 14.2. The van der Waals surface area contributed by atoms with Gasteiger partial charge in [0.15, 0.2) is 0 Å². The molecule has 2 heteroatoms. The minimum atomic E-state index is 0.737. The Kier molecular flexibility index (Phi) is 4.56. The monoisotopic (exact) mass is 281 g/mol. The van der Waals surface area contributed by atoms with Crippen molar-refractivity contribution in [1.29, 1.82) is 0 Å². The summed E-state index contributed by atoms with van der Waals surface area (Å²) in [6.45, 7) is 3.13. The standard InChI is InChI=1S/C19H23NO/c1-2-4-15-7-11-18(12-8-15)21-19-6-3-5-16(13-19)14-20-17-9-10-17/h3,5-8,11-13,17,20H,2,4,9-10,14H2,1H3. The Labute approximate surface area is 127 Å². The number of hydrogen-bond acceptors (Lipinski definition) is 2. The molecule has 0 aliphatic heterocycles. The molecule has 110 valence electrons. The van der Waals surface area contributed by atoms with Crippen molar-refractivity contribution in [3.05, 3.63) is 59.7 Å². The molecule has 0 radical (unpaired) electrons. The average Bonchev–Trinajstić information content (AvgIpc) is 3.32. The zero-order valence-electron chi connectivity index (χ0n) is 12.6. The van der Waals surface area contributed by atoms with Crippen molar-refractivity contribution in [1.82, 2.24) is 5.32 Å². The van der Waals surface area contributed by atoms with Crippen LogP contribution < -0.4 is 10.1 Å². The number of aryl methyl sites for hydroxylation is 1. The summed E-state index contributed by atoms with van der Waals surface area (Å²) in [6, 6.07) is 17.5. The maximum Gasteiger partial charge on any atom is 0.127 e. The molecule has 2 aromatic rings. The van der Waals surface area contributed by atoms with Crippen LogP contribution in [0.5, 0.6) is 11.5 Å². The van der Waals surface area contributed by atoms with E-state index in [1.54, 1.807) is 0 Å². The number of rotatable bonds is 7. The zero-order chi connectivity index (χ0) is 14.5. The first-order chi connectivity index (χ1) is 10.3. The Hall–Kier alpha value is -1.80. The van der Waals surface area contributed by atoms with Gasteiger partial charge in [0, 0.05) is 12.6 Å². The van der Waals surface area contributed by atoms with Gasteiger partial charge in [0.25, 0.3) is 0 Å². The van der Waals surface area contributed by atoms with E-state index in [0.29, 0.717) is 0 Å². The second-order valence-corrected chi connectivity index (χ2v) is 5.80. The fourth-order valence-corrected chi connectivity index (χ4v) is 2.42. The quantitative estimate of drug-likeness (QED) is 0.795. The molecular formula is C19H23NO. The average molecular weight is 281 g/mol. The van der Waals surface area contributed by atoms with Crippen LogP contribution in [0.1, 0.15) is 37.3 Å². The van der Waals surface area contributed by atoms with Crippen molar-refractivity contribution in [2.45, 2.75) is 45.2 Å². The highest BCUT2D eigenvalue weighted by atomic mass is 16.5. The molecule has 2 aromatic carbocycles. The van der Waals surface area contributed by atoms with Gasteiger partial charge in [-0.2, -0.15) is 0 Å². The highest BCUT2D eigenvalue weighted by Crippen LogP contribution is 2.24. The molecule has 1 N–H and O–H groups in total. The molecule has 0 aromatic heterocycles. The van der Waals surface area contributed by atoms with Crippen molar-refractivity contribution >= 4 is 0 Å². The van der Waals surface area contributed by atoms with Crippen molar-refractivity contribution < 1.29 is 4.74 Å². The molecule has 0 heterocycles. The van der Waals surface area contributed by atoms with E-state index in [2.05, 4.69) is 54.7 Å². The van der Waals surface area contributed by atoms with Crippen LogP contribution in [-0.4, -0.2) is 6.04 Å². The number of hydrogen-bond donors (Lipinski definition) is 1. The lowest BCUT2D eigenvalue weighted by Crippen LogP contribution is -2.15. The van der Waals surface area contributed by atoms with Crippen LogP contribution in [0.15, 0.2) is 48.5 Å². The lowest BCUT2D eigenvalue weighted by atomic mass is 10.1. The van der Waals surface area contributed by atoms with E-state index in [1.807, 2.05) is 6.07 Å². The van der Waals surface area contributed by atoms with Gasteiger partial charge in [-0.05, 0) is 54.7 Å². The Balaban J connectivity index is 1.61. The van der Waals surface area contributed by atoms with Gasteiger partial charge in [-0.15, -0.1) is 0 Å². The Morgan fingerprint density at radius 2 is 1.81 bits per heavy atom. The number of benzene rings is 2. The predicted octanol–water partition coefficient (Wildman–Crippen LogP) is 4.68. The van der Waals surface area contributed by atoms with E-state index < -0.39 is 0 Å². The molecule has 0 unspecified atom stereocenters. The van der Waals surface area contributed by atoms with Gasteiger partial charge in [0.2, 0.25) is 0 Å². The number of nitrogens with one attached hydrogen (secondary N) is 1. The van der Waals surface area contributed by atoms with E-state index in [0.717, 1.165) is 30.5 Å². The normalized spacial score (nSPS) is 14.1. The smallest absolute Gasteiger partial charge is 0.127 e. The van der Waals surface area contributed by atoms with Gasteiger partial charge >= 0.3 is 0 Å². The summed E-state index contributed by atoms with van der Waals surface area (Å²) in [5.74, 6) is 1.82. The van der Waals surface area contributed by atoms with Crippen molar-refractivity contribution in [2.24, 2.45) is 0 Å². The Morgan fingerprint density at radius 3 is 2.52 bits per heavy atom. The van der Waals surface area contributed by atoms with Gasteiger partial charge in [0.1, 0.15) is 11.5 Å². The molecular weight excluding hydrogens is 258 g/mol. The second-order valence-electron chi connectivity index (χ2n) is 5.80. The number of ether oxygens (including phenoxy) is 1. The lowest BCUT2D eigenvalue weighted by Gasteiger charge is -2.09. The third-order valence-corrected chi connectivity index (χ3v) is 3.77. The lowest BCUT2D eigenvalue weighted by molar-refractivity contribution is 0.481. The third-order valence-electron chi connectivity index (χ3n) is 3.77. The topological polar surface area (TPSA) is 21.3 Å². The van der Waals surface area contributed by atoms with Crippen LogP contribution in [0.4, 0.5) is 0 Å².